The Labute approximate surface area is 200 Å². The fourth-order valence-electron chi connectivity index (χ4n) is 3.52. The Kier molecular flexibility index (Phi) is 6.92. The topological polar surface area (TPSA) is 36.9 Å². The lowest BCUT2D eigenvalue weighted by Gasteiger charge is -2.12. The van der Waals surface area contributed by atoms with Gasteiger partial charge in [0.2, 0.25) is 5.75 Å². The molecule has 4 aromatic carbocycles. The van der Waals surface area contributed by atoms with Crippen LogP contribution in [0, 0.1) is 23.7 Å². The molecule has 4 nitrogen and oxygen atoms in total. The van der Waals surface area contributed by atoms with Crippen molar-refractivity contribution >= 4 is 10.8 Å². The third-order valence-electron chi connectivity index (χ3n) is 5.30. The molecule has 0 bridgehead atoms. The summed E-state index contributed by atoms with van der Waals surface area (Å²) >= 11 is 0. The van der Waals surface area contributed by atoms with Crippen molar-refractivity contribution in [3.05, 3.63) is 95.1 Å². The minimum atomic E-state index is 0.548. The van der Waals surface area contributed by atoms with E-state index in [1.54, 1.807) is 28.4 Å². The Morgan fingerprint density at radius 1 is 0.441 bits per heavy atom. The number of hydrogen-bond acceptors (Lipinski definition) is 4. The molecule has 0 saturated heterocycles. The van der Waals surface area contributed by atoms with Crippen LogP contribution in [-0.2, 0) is 0 Å². The van der Waals surface area contributed by atoms with Crippen molar-refractivity contribution in [3.8, 4) is 46.7 Å². The minimum Gasteiger partial charge on any atom is -0.497 e. The average molecular weight is 449 g/mol. The predicted molar refractivity (Wildman–Crippen MR) is 135 cm³/mol. The monoisotopic (exact) mass is 448 g/mol. The van der Waals surface area contributed by atoms with Gasteiger partial charge in [0.15, 0.2) is 11.5 Å². The number of fused-ring (bicyclic) bond motifs is 1. The van der Waals surface area contributed by atoms with E-state index in [9.17, 15) is 0 Å². The maximum Gasteiger partial charge on any atom is 0.203 e. The molecule has 0 radical (unpaired) electrons. The fourth-order valence-corrected chi connectivity index (χ4v) is 3.52. The molecular formula is C30H24O4. The van der Waals surface area contributed by atoms with Gasteiger partial charge in [-0.3, -0.25) is 0 Å². The normalized spacial score (nSPS) is 9.88. The Hall–Kier alpha value is -4.54. The summed E-state index contributed by atoms with van der Waals surface area (Å²) in [5.41, 5.74) is 3.59. The van der Waals surface area contributed by atoms with Crippen LogP contribution in [0.4, 0.5) is 0 Å². The van der Waals surface area contributed by atoms with Gasteiger partial charge in [0, 0.05) is 22.3 Å². The summed E-state index contributed by atoms with van der Waals surface area (Å²) in [6.07, 6.45) is 0. The molecule has 0 spiro atoms. The van der Waals surface area contributed by atoms with Gasteiger partial charge in [0.25, 0.3) is 0 Å². The molecule has 4 aromatic rings. The lowest BCUT2D eigenvalue weighted by atomic mass is 10.0. The molecule has 0 aromatic heterocycles. The molecule has 0 fully saturated rings. The fraction of sp³-hybridized carbons (Fsp3) is 0.133. The molecule has 0 unspecified atom stereocenters. The molecule has 0 heterocycles. The first kappa shape index (κ1) is 22.6. The van der Waals surface area contributed by atoms with Gasteiger partial charge < -0.3 is 18.9 Å². The molecule has 4 heteroatoms. The van der Waals surface area contributed by atoms with Crippen molar-refractivity contribution in [1.29, 1.82) is 0 Å². The predicted octanol–water partition coefficient (Wildman–Crippen LogP) is 5.67. The van der Waals surface area contributed by atoms with Gasteiger partial charge in [-0.2, -0.15) is 0 Å². The van der Waals surface area contributed by atoms with E-state index in [1.807, 2.05) is 48.5 Å². The van der Waals surface area contributed by atoms with Gasteiger partial charge in [-0.15, -0.1) is 0 Å². The van der Waals surface area contributed by atoms with E-state index in [0.717, 1.165) is 38.8 Å². The van der Waals surface area contributed by atoms with E-state index >= 15 is 0 Å². The molecular weight excluding hydrogens is 424 g/mol. The second-order valence-electron chi connectivity index (χ2n) is 7.42. The van der Waals surface area contributed by atoms with Crippen LogP contribution in [0.25, 0.3) is 10.8 Å². The van der Waals surface area contributed by atoms with E-state index in [-0.39, 0.29) is 0 Å². The van der Waals surface area contributed by atoms with E-state index in [2.05, 4.69) is 47.9 Å². The molecule has 0 saturated carbocycles. The highest BCUT2D eigenvalue weighted by Gasteiger charge is 2.12. The molecule has 0 atom stereocenters. The van der Waals surface area contributed by atoms with Gasteiger partial charge >= 0.3 is 0 Å². The molecule has 0 aliphatic carbocycles. The van der Waals surface area contributed by atoms with Crippen LogP contribution in [0.5, 0.6) is 23.0 Å². The first-order chi connectivity index (χ1) is 16.6. The van der Waals surface area contributed by atoms with Crippen molar-refractivity contribution < 1.29 is 18.9 Å². The summed E-state index contributed by atoms with van der Waals surface area (Å²) in [6.45, 7) is 0. The zero-order valence-electron chi connectivity index (χ0n) is 19.6. The number of methoxy groups -OCH3 is 4. The second kappa shape index (κ2) is 10.4. The zero-order chi connectivity index (χ0) is 23.9. The third-order valence-corrected chi connectivity index (χ3v) is 5.30. The minimum absolute atomic E-state index is 0.548. The third kappa shape index (κ3) is 5.09. The van der Waals surface area contributed by atoms with E-state index < -0.39 is 0 Å². The van der Waals surface area contributed by atoms with Crippen molar-refractivity contribution in [2.45, 2.75) is 0 Å². The van der Waals surface area contributed by atoms with E-state index in [0.29, 0.717) is 17.2 Å². The molecule has 0 aliphatic heterocycles. The van der Waals surface area contributed by atoms with Crippen molar-refractivity contribution in [2.24, 2.45) is 0 Å². The highest BCUT2D eigenvalue weighted by molar-refractivity contribution is 5.85. The Balaban J connectivity index is 1.58. The van der Waals surface area contributed by atoms with Gasteiger partial charge in [0.05, 0.1) is 28.4 Å². The van der Waals surface area contributed by atoms with Crippen LogP contribution >= 0.6 is 0 Å². The summed E-state index contributed by atoms with van der Waals surface area (Å²) in [4.78, 5) is 0. The maximum absolute atomic E-state index is 5.41. The van der Waals surface area contributed by atoms with Crippen LogP contribution in [0.3, 0.4) is 0 Å². The number of ether oxygens (including phenoxy) is 4. The molecule has 0 N–H and O–H groups in total. The summed E-state index contributed by atoms with van der Waals surface area (Å²) < 4.78 is 21.4. The van der Waals surface area contributed by atoms with Gasteiger partial charge in [-0.25, -0.2) is 0 Å². The standard InChI is InChI=1S/C30H24O4/c1-31-27-15-11-21(12-16-27)5-6-22-9-13-26-18-23(10-14-25(26)17-22)7-8-24-19-28(32-2)30(34-4)29(20-24)33-3/h9-20H,1-4H3. The first-order valence-electron chi connectivity index (χ1n) is 10.7. The Morgan fingerprint density at radius 3 is 1.38 bits per heavy atom. The van der Waals surface area contributed by atoms with E-state index in [4.69, 9.17) is 18.9 Å². The first-order valence-corrected chi connectivity index (χ1v) is 10.7. The largest absolute Gasteiger partial charge is 0.497 e. The zero-order valence-corrected chi connectivity index (χ0v) is 19.6. The number of benzene rings is 4. The van der Waals surface area contributed by atoms with Crippen molar-refractivity contribution in [3.63, 3.8) is 0 Å². The summed E-state index contributed by atoms with van der Waals surface area (Å²) in [6, 6.07) is 23.7. The van der Waals surface area contributed by atoms with Crippen LogP contribution < -0.4 is 18.9 Å². The van der Waals surface area contributed by atoms with Gasteiger partial charge in [-0.05, 0) is 71.4 Å². The highest BCUT2D eigenvalue weighted by atomic mass is 16.5. The summed E-state index contributed by atoms with van der Waals surface area (Å²) in [7, 11) is 6.41. The number of hydrogen-bond donors (Lipinski definition) is 0. The van der Waals surface area contributed by atoms with E-state index in [1.165, 1.54) is 0 Å². The SMILES string of the molecule is COc1ccc(C#Cc2ccc3cc(C#Cc4cc(OC)c(OC)c(OC)c4)ccc3c2)cc1. The quantitative estimate of drug-likeness (QED) is 0.377. The smallest absolute Gasteiger partial charge is 0.203 e. The van der Waals surface area contributed by atoms with Crippen molar-refractivity contribution in [2.75, 3.05) is 28.4 Å². The highest BCUT2D eigenvalue weighted by Crippen LogP contribution is 2.38. The van der Waals surface area contributed by atoms with Gasteiger partial charge in [-0.1, -0.05) is 35.8 Å². The Bertz CT molecular complexity index is 1420. The van der Waals surface area contributed by atoms with Crippen LogP contribution in [0.2, 0.25) is 0 Å². The van der Waals surface area contributed by atoms with Crippen LogP contribution in [-0.4, -0.2) is 28.4 Å². The van der Waals surface area contributed by atoms with Crippen molar-refractivity contribution in [1.82, 2.24) is 0 Å². The summed E-state index contributed by atoms with van der Waals surface area (Å²) in [5.74, 6) is 15.4. The second-order valence-corrected chi connectivity index (χ2v) is 7.42. The van der Waals surface area contributed by atoms with Gasteiger partial charge in [0.1, 0.15) is 5.75 Å². The Morgan fingerprint density at radius 2 is 0.912 bits per heavy atom. The lowest BCUT2D eigenvalue weighted by molar-refractivity contribution is 0.324. The van der Waals surface area contributed by atoms with Crippen LogP contribution in [0.15, 0.2) is 72.8 Å². The lowest BCUT2D eigenvalue weighted by Crippen LogP contribution is -1.95. The maximum atomic E-state index is 5.41. The number of rotatable bonds is 4. The molecule has 34 heavy (non-hydrogen) atoms. The average Bonchev–Trinajstić information content (AvgIpc) is 2.90. The van der Waals surface area contributed by atoms with Crippen LogP contribution in [0.1, 0.15) is 22.3 Å². The molecule has 168 valence electrons. The molecule has 0 amide bonds. The molecule has 4 rings (SSSR count). The molecule has 0 aliphatic rings. The summed E-state index contributed by atoms with van der Waals surface area (Å²) in [5, 5.41) is 2.21.